The summed E-state index contributed by atoms with van der Waals surface area (Å²) in [4.78, 5) is 0. The monoisotopic (exact) mass is 367 g/mol. The first-order valence-electron chi connectivity index (χ1n) is 8.25. The van der Waals surface area contributed by atoms with Crippen LogP contribution >= 0.6 is 22.9 Å². The van der Waals surface area contributed by atoms with Crippen molar-refractivity contribution in [3.8, 4) is 0 Å². The standard InChI is InChI=1S/C16H34IN/c1-2-3-4-5-6-7-8-9-10-11-12-13-14-15-16-18-17/h18H,2-16H2,1H3. The Labute approximate surface area is 129 Å². The van der Waals surface area contributed by atoms with Crippen LogP contribution in [0.3, 0.4) is 0 Å². The molecule has 0 aromatic carbocycles. The third-order valence-electron chi connectivity index (χ3n) is 3.62. The van der Waals surface area contributed by atoms with Crippen molar-refractivity contribution in [3.63, 3.8) is 0 Å². The first-order chi connectivity index (χ1) is 8.91. The topological polar surface area (TPSA) is 12.0 Å². The van der Waals surface area contributed by atoms with E-state index in [1.165, 1.54) is 96.4 Å². The van der Waals surface area contributed by atoms with Gasteiger partial charge in [0.1, 0.15) is 0 Å². The fourth-order valence-electron chi connectivity index (χ4n) is 2.39. The zero-order valence-corrected chi connectivity index (χ0v) is 14.6. The van der Waals surface area contributed by atoms with Gasteiger partial charge in [-0.3, -0.25) is 3.53 Å². The number of nitrogens with one attached hydrogen (secondary N) is 1. The van der Waals surface area contributed by atoms with Crippen molar-refractivity contribution in [1.82, 2.24) is 3.53 Å². The number of hydrogen-bond donors (Lipinski definition) is 1. The highest BCUT2D eigenvalue weighted by molar-refractivity contribution is 14.1. The van der Waals surface area contributed by atoms with Crippen LogP contribution < -0.4 is 3.53 Å². The first kappa shape index (κ1) is 18.7. The zero-order chi connectivity index (χ0) is 13.3. The zero-order valence-electron chi connectivity index (χ0n) is 12.5. The van der Waals surface area contributed by atoms with Gasteiger partial charge in [0, 0.05) is 29.4 Å². The summed E-state index contributed by atoms with van der Waals surface area (Å²) >= 11 is 2.23. The highest BCUT2D eigenvalue weighted by Crippen LogP contribution is 2.12. The van der Waals surface area contributed by atoms with Crippen LogP contribution in [0.15, 0.2) is 0 Å². The molecule has 0 radical (unpaired) electrons. The number of hydrogen-bond acceptors (Lipinski definition) is 1. The van der Waals surface area contributed by atoms with Gasteiger partial charge in [-0.2, -0.15) is 0 Å². The van der Waals surface area contributed by atoms with Gasteiger partial charge in [0.05, 0.1) is 0 Å². The van der Waals surface area contributed by atoms with Crippen LogP contribution in [0.2, 0.25) is 0 Å². The molecule has 0 aliphatic heterocycles. The third kappa shape index (κ3) is 16.7. The maximum atomic E-state index is 3.18. The molecule has 1 nitrogen and oxygen atoms in total. The van der Waals surface area contributed by atoms with Gasteiger partial charge >= 0.3 is 0 Å². The van der Waals surface area contributed by atoms with Crippen LogP contribution in [0.5, 0.6) is 0 Å². The Kier molecular flexibility index (Phi) is 18.4. The van der Waals surface area contributed by atoms with Gasteiger partial charge in [0.15, 0.2) is 0 Å². The fourth-order valence-corrected chi connectivity index (χ4v) is 2.77. The van der Waals surface area contributed by atoms with Gasteiger partial charge < -0.3 is 0 Å². The molecule has 0 aliphatic rings. The summed E-state index contributed by atoms with van der Waals surface area (Å²) in [5.74, 6) is 0. The summed E-state index contributed by atoms with van der Waals surface area (Å²) in [7, 11) is 0. The Hall–Kier alpha value is 0.690. The van der Waals surface area contributed by atoms with E-state index in [4.69, 9.17) is 0 Å². The van der Waals surface area contributed by atoms with E-state index in [2.05, 4.69) is 33.3 Å². The highest BCUT2D eigenvalue weighted by Gasteiger charge is 1.93. The molecular weight excluding hydrogens is 333 g/mol. The van der Waals surface area contributed by atoms with Crippen LogP contribution in [-0.4, -0.2) is 6.54 Å². The molecule has 0 aromatic heterocycles. The predicted molar refractivity (Wildman–Crippen MR) is 92.3 cm³/mol. The molecule has 0 bridgehead atoms. The molecule has 0 heterocycles. The SMILES string of the molecule is CCCCCCCCCCCCCCCCNI. The number of unbranched alkanes of at least 4 members (excludes halogenated alkanes) is 13. The quantitative estimate of drug-likeness (QED) is 0.200. The maximum Gasteiger partial charge on any atom is 0.0169 e. The summed E-state index contributed by atoms with van der Waals surface area (Å²) in [5, 5.41) is 0. The Morgan fingerprint density at radius 1 is 0.556 bits per heavy atom. The van der Waals surface area contributed by atoms with Crippen molar-refractivity contribution < 1.29 is 0 Å². The molecule has 0 fully saturated rings. The van der Waals surface area contributed by atoms with Crippen molar-refractivity contribution in [1.29, 1.82) is 0 Å². The average Bonchev–Trinajstić information content (AvgIpc) is 2.39. The second-order valence-corrected chi connectivity index (χ2v) is 6.24. The molecule has 0 unspecified atom stereocenters. The normalized spacial score (nSPS) is 11.0. The third-order valence-corrected chi connectivity index (χ3v) is 4.16. The Morgan fingerprint density at radius 3 is 1.22 bits per heavy atom. The molecule has 0 amide bonds. The second kappa shape index (κ2) is 17.7. The summed E-state index contributed by atoms with van der Waals surface area (Å²) in [6.45, 7) is 3.47. The maximum absolute atomic E-state index is 3.18. The molecule has 18 heavy (non-hydrogen) atoms. The Bertz CT molecular complexity index is 123. The van der Waals surface area contributed by atoms with E-state index in [0.29, 0.717) is 0 Å². The Balaban J connectivity index is 2.86. The van der Waals surface area contributed by atoms with E-state index in [9.17, 15) is 0 Å². The van der Waals surface area contributed by atoms with Crippen molar-refractivity contribution in [2.45, 2.75) is 96.8 Å². The van der Waals surface area contributed by atoms with Crippen LogP contribution in [0, 0.1) is 0 Å². The summed E-state index contributed by atoms with van der Waals surface area (Å²) in [5.41, 5.74) is 0. The van der Waals surface area contributed by atoms with Crippen molar-refractivity contribution in [3.05, 3.63) is 0 Å². The largest absolute Gasteiger partial charge is 0.261 e. The molecule has 0 rings (SSSR count). The Morgan fingerprint density at radius 2 is 0.889 bits per heavy atom. The molecule has 2 heteroatoms. The minimum Gasteiger partial charge on any atom is -0.261 e. The van der Waals surface area contributed by atoms with Gasteiger partial charge in [-0.15, -0.1) is 0 Å². The lowest BCUT2D eigenvalue weighted by Gasteiger charge is -2.03. The second-order valence-electron chi connectivity index (χ2n) is 5.48. The van der Waals surface area contributed by atoms with Crippen LogP contribution in [0.1, 0.15) is 96.8 Å². The summed E-state index contributed by atoms with van der Waals surface area (Å²) in [6.07, 6.45) is 20.2. The minimum atomic E-state index is 1.18. The van der Waals surface area contributed by atoms with Crippen LogP contribution in [0.4, 0.5) is 0 Å². The molecule has 110 valence electrons. The van der Waals surface area contributed by atoms with E-state index < -0.39 is 0 Å². The van der Waals surface area contributed by atoms with Crippen LogP contribution in [-0.2, 0) is 0 Å². The molecule has 0 spiro atoms. The van der Waals surface area contributed by atoms with Crippen molar-refractivity contribution >= 4 is 22.9 Å². The van der Waals surface area contributed by atoms with E-state index in [-0.39, 0.29) is 0 Å². The molecule has 0 atom stereocenters. The van der Waals surface area contributed by atoms with E-state index in [1.54, 1.807) is 0 Å². The molecule has 0 saturated heterocycles. The lowest BCUT2D eigenvalue weighted by atomic mass is 10.0. The average molecular weight is 367 g/mol. The molecular formula is C16H34IN. The molecule has 0 saturated carbocycles. The number of rotatable bonds is 15. The van der Waals surface area contributed by atoms with Gasteiger partial charge in [0.25, 0.3) is 0 Å². The van der Waals surface area contributed by atoms with Gasteiger partial charge in [0.2, 0.25) is 0 Å². The minimum absolute atomic E-state index is 1.18. The smallest absolute Gasteiger partial charge is 0.0169 e. The fraction of sp³-hybridized carbons (Fsp3) is 1.00. The first-order valence-corrected chi connectivity index (χ1v) is 9.33. The predicted octanol–water partition coefficient (Wildman–Crippen LogP) is 6.41. The summed E-state index contributed by atoms with van der Waals surface area (Å²) < 4.78 is 3.18. The van der Waals surface area contributed by atoms with Gasteiger partial charge in [-0.1, -0.05) is 90.4 Å². The highest BCUT2D eigenvalue weighted by atomic mass is 127. The molecule has 0 aromatic rings. The summed E-state index contributed by atoms with van der Waals surface area (Å²) in [6, 6.07) is 0. The van der Waals surface area contributed by atoms with Crippen molar-refractivity contribution in [2.75, 3.05) is 6.54 Å². The van der Waals surface area contributed by atoms with Gasteiger partial charge in [-0.05, 0) is 6.42 Å². The van der Waals surface area contributed by atoms with Crippen molar-refractivity contribution in [2.24, 2.45) is 0 Å². The van der Waals surface area contributed by atoms with E-state index in [1.807, 2.05) is 0 Å². The molecule has 1 N–H and O–H groups in total. The lowest BCUT2D eigenvalue weighted by molar-refractivity contribution is 0.536. The van der Waals surface area contributed by atoms with Gasteiger partial charge in [-0.25, -0.2) is 0 Å². The van der Waals surface area contributed by atoms with Crippen LogP contribution in [0.25, 0.3) is 0 Å². The van der Waals surface area contributed by atoms with E-state index >= 15 is 0 Å². The number of halogens is 1. The lowest BCUT2D eigenvalue weighted by Crippen LogP contribution is -1.98. The van der Waals surface area contributed by atoms with E-state index in [0.717, 1.165) is 0 Å². The molecule has 0 aliphatic carbocycles.